The van der Waals surface area contributed by atoms with Gasteiger partial charge in [0.1, 0.15) is 0 Å². The minimum atomic E-state index is 0.175. The van der Waals surface area contributed by atoms with E-state index in [-0.39, 0.29) is 5.91 Å². The maximum absolute atomic E-state index is 11.1. The largest absolute Gasteiger partial charge is 0.352 e. The van der Waals surface area contributed by atoms with Gasteiger partial charge in [-0.15, -0.1) is 0 Å². The molecule has 0 aromatic heterocycles. The van der Waals surface area contributed by atoms with E-state index in [1.54, 1.807) is 0 Å². The van der Waals surface area contributed by atoms with E-state index >= 15 is 0 Å². The van der Waals surface area contributed by atoms with Crippen LogP contribution in [-0.2, 0) is 4.79 Å². The summed E-state index contributed by atoms with van der Waals surface area (Å²) in [6, 6.07) is 0. The highest BCUT2D eigenvalue weighted by Crippen LogP contribution is 2.30. The van der Waals surface area contributed by atoms with Crippen molar-refractivity contribution in [1.82, 2.24) is 5.32 Å². The Morgan fingerprint density at radius 3 is 3.20 bits per heavy atom. The van der Waals surface area contributed by atoms with Gasteiger partial charge in [0.25, 0.3) is 0 Å². The van der Waals surface area contributed by atoms with Crippen LogP contribution in [0.1, 0.15) is 19.3 Å². The molecule has 0 radical (unpaired) electrons. The summed E-state index contributed by atoms with van der Waals surface area (Å²) in [5.74, 6) is 0.766. The van der Waals surface area contributed by atoms with Crippen LogP contribution >= 0.6 is 0 Å². The van der Waals surface area contributed by atoms with Crippen LogP contribution in [0.4, 0.5) is 0 Å². The van der Waals surface area contributed by atoms with Crippen LogP contribution < -0.4 is 5.32 Å². The lowest BCUT2D eigenvalue weighted by Gasteiger charge is -2.20. The Morgan fingerprint density at radius 1 is 1.50 bits per heavy atom. The first kappa shape index (κ1) is 5.96. The number of carbonyl (C=O) groups is 1. The fourth-order valence-corrected chi connectivity index (χ4v) is 1.80. The first-order chi connectivity index (χ1) is 4.88. The maximum atomic E-state index is 11.1. The third kappa shape index (κ3) is 0.753. The van der Waals surface area contributed by atoms with E-state index in [0.717, 1.165) is 25.0 Å². The number of piperidine rings is 1. The average Bonchev–Trinajstić information content (AvgIpc) is 2.36. The second-order valence-corrected chi connectivity index (χ2v) is 2.98. The Balaban J connectivity index is 2.22. The molecule has 54 valence electrons. The average molecular weight is 137 g/mol. The van der Waals surface area contributed by atoms with Gasteiger partial charge < -0.3 is 5.32 Å². The van der Waals surface area contributed by atoms with Gasteiger partial charge in [-0.1, -0.05) is 6.08 Å². The van der Waals surface area contributed by atoms with Crippen LogP contribution in [0.15, 0.2) is 11.6 Å². The summed E-state index contributed by atoms with van der Waals surface area (Å²) in [6.07, 6.45) is 5.53. The van der Waals surface area contributed by atoms with Gasteiger partial charge in [-0.3, -0.25) is 4.79 Å². The molecule has 2 heteroatoms. The number of hydrogen-bond acceptors (Lipinski definition) is 1. The summed E-state index contributed by atoms with van der Waals surface area (Å²) in [6.45, 7) is 0.876. The number of hydrogen-bond donors (Lipinski definition) is 1. The Kier molecular flexibility index (Phi) is 1.26. The number of carbonyl (C=O) groups excluding carboxylic acids is 1. The molecule has 1 aliphatic carbocycles. The van der Waals surface area contributed by atoms with Gasteiger partial charge in [-0.25, -0.2) is 0 Å². The SMILES string of the molecule is O=C1NCCC2CCC=C12. The van der Waals surface area contributed by atoms with Gasteiger partial charge in [0.05, 0.1) is 0 Å². The number of allylic oxidation sites excluding steroid dienone is 1. The molecule has 1 atom stereocenters. The topological polar surface area (TPSA) is 29.1 Å². The minimum absolute atomic E-state index is 0.175. The highest BCUT2D eigenvalue weighted by atomic mass is 16.1. The van der Waals surface area contributed by atoms with Crippen LogP contribution in [0.2, 0.25) is 0 Å². The summed E-state index contributed by atoms with van der Waals surface area (Å²) in [5, 5.41) is 2.85. The normalized spacial score (nSPS) is 31.0. The molecule has 1 unspecified atom stereocenters. The van der Waals surface area contributed by atoms with Gasteiger partial charge in [0.2, 0.25) is 5.91 Å². The van der Waals surface area contributed by atoms with E-state index in [9.17, 15) is 4.79 Å². The molecule has 0 spiro atoms. The summed E-state index contributed by atoms with van der Waals surface area (Å²) >= 11 is 0. The first-order valence-corrected chi connectivity index (χ1v) is 3.86. The second kappa shape index (κ2) is 2.11. The Morgan fingerprint density at radius 2 is 2.40 bits per heavy atom. The molecule has 0 bridgehead atoms. The third-order valence-corrected chi connectivity index (χ3v) is 2.36. The molecule has 0 saturated carbocycles. The Labute approximate surface area is 60.3 Å². The van der Waals surface area contributed by atoms with Crippen molar-refractivity contribution in [3.8, 4) is 0 Å². The molecule has 2 aliphatic rings. The van der Waals surface area contributed by atoms with E-state index < -0.39 is 0 Å². The summed E-state index contributed by atoms with van der Waals surface area (Å²) < 4.78 is 0. The molecule has 1 amide bonds. The van der Waals surface area contributed by atoms with E-state index in [0.29, 0.717) is 5.92 Å². The van der Waals surface area contributed by atoms with Crippen LogP contribution in [0.25, 0.3) is 0 Å². The zero-order valence-electron chi connectivity index (χ0n) is 5.89. The predicted molar refractivity (Wildman–Crippen MR) is 38.4 cm³/mol. The van der Waals surface area contributed by atoms with Crippen molar-refractivity contribution in [3.05, 3.63) is 11.6 Å². The summed E-state index contributed by atoms with van der Waals surface area (Å²) in [4.78, 5) is 11.1. The molecule has 0 aromatic rings. The third-order valence-electron chi connectivity index (χ3n) is 2.36. The van der Waals surface area contributed by atoms with E-state index in [4.69, 9.17) is 0 Å². The zero-order chi connectivity index (χ0) is 6.97. The van der Waals surface area contributed by atoms with Gasteiger partial charge in [-0.2, -0.15) is 0 Å². The monoisotopic (exact) mass is 137 g/mol. The highest BCUT2D eigenvalue weighted by molar-refractivity contribution is 5.95. The molecule has 1 heterocycles. The molecule has 2 nitrogen and oxygen atoms in total. The summed E-state index contributed by atoms with van der Waals surface area (Å²) in [7, 11) is 0. The lowest BCUT2D eigenvalue weighted by atomic mass is 9.94. The first-order valence-electron chi connectivity index (χ1n) is 3.86. The molecule has 1 fully saturated rings. The van der Waals surface area contributed by atoms with Gasteiger partial charge >= 0.3 is 0 Å². The molecule has 2 rings (SSSR count). The highest BCUT2D eigenvalue weighted by Gasteiger charge is 2.27. The van der Waals surface area contributed by atoms with Crippen molar-refractivity contribution >= 4 is 5.91 Å². The number of nitrogens with one attached hydrogen (secondary N) is 1. The van der Waals surface area contributed by atoms with Gasteiger partial charge in [0, 0.05) is 12.1 Å². The maximum Gasteiger partial charge on any atom is 0.247 e. The molecular formula is C8H11NO. The van der Waals surface area contributed by atoms with Crippen molar-refractivity contribution in [2.45, 2.75) is 19.3 Å². The van der Waals surface area contributed by atoms with Crippen LogP contribution in [0, 0.1) is 5.92 Å². The van der Waals surface area contributed by atoms with Crippen molar-refractivity contribution in [2.75, 3.05) is 6.54 Å². The molecule has 10 heavy (non-hydrogen) atoms. The quantitative estimate of drug-likeness (QED) is 0.526. The standard InChI is InChI=1S/C8H11NO/c10-8-7-3-1-2-6(7)4-5-9-8/h3,6H,1-2,4-5H2,(H,9,10). The fourth-order valence-electron chi connectivity index (χ4n) is 1.80. The van der Waals surface area contributed by atoms with Crippen LogP contribution in [0.5, 0.6) is 0 Å². The fraction of sp³-hybridized carbons (Fsp3) is 0.625. The van der Waals surface area contributed by atoms with Crippen molar-refractivity contribution in [3.63, 3.8) is 0 Å². The lowest BCUT2D eigenvalue weighted by Crippen LogP contribution is -2.34. The van der Waals surface area contributed by atoms with E-state index in [1.165, 1.54) is 6.42 Å². The van der Waals surface area contributed by atoms with Crippen LogP contribution in [-0.4, -0.2) is 12.5 Å². The molecule has 1 saturated heterocycles. The van der Waals surface area contributed by atoms with E-state index in [2.05, 4.69) is 11.4 Å². The Bertz CT molecular complexity index is 195. The minimum Gasteiger partial charge on any atom is -0.352 e. The number of rotatable bonds is 0. The zero-order valence-corrected chi connectivity index (χ0v) is 5.89. The Hall–Kier alpha value is -0.790. The predicted octanol–water partition coefficient (Wildman–Crippen LogP) is 0.843. The van der Waals surface area contributed by atoms with Gasteiger partial charge in [-0.05, 0) is 25.2 Å². The molecule has 0 aromatic carbocycles. The lowest BCUT2D eigenvalue weighted by molar-refractivity contribution is -0.118. The number of amides is 1. The number of fused-ring (bicyclic) bond motifs is 1. The molecule has 1 aliphatic heterocycles. The van der Waals surface area contributed by atoms with Crippen LogP contribution in [0.3, 0.4) is 0 Å². The molecule has 1 N–H and O–H groups in total. The van der Waals surface area contributed by atoms with E-state index in [1.807, 2.05) is 0 Å². The summed E-state index contributed by atoms with van der Waals surface area (Å²) in [5.41, 5.74) is 1.05. The smallest absolute Gasteiger partial charge is 0.247 e. The molecular weight excluding hydrogens is 126 g/mol. The van der Waals surface area contributed by atoms with Crippen molar-refractivity contribution < 1.29 is 4.79 Å². The van der Waals surface area contributed by atoms with Crippen molar-refractivity contribution in [2.24, 2.45) is 5.92 Å². The second-order valence-electron chi connectivity index (χ2n) is 2.98. The van der Waals surface area contributed by atoms with Gasteiger partial charge in [0.15, 0.2) is 0 Å². The van der Waals surface area contributed by atoms with Crippen molar-refractivity contribution in [1.29, 1.82) is 0 Å².